The van der Waals surface area contributed by atoms with Crippen LogP contribution in [0.3, 0.4) is 0 Å². The molecule has 1 saturated carbocycles. The zero-order valence-corrected chi connectivity index (χ0v) is 12.9. The van der Waals surface area contributed by atoms with E-state index in [0.29, 0.717) is 23.0 Å². The van der Waals surface area contributed by atoms with Gasteiger partial charge in [0.25, 0.3) is 0 Å². The summed E-state index contributed by atoms with van der Waals surface area (Å²) in [5, 5.41) is 12.1. The Kier molecular flexibility index (Phi) is 4.44. The Morgan fingerprint density at radius 2 is 2.05 bits per heavy atom. The number of hydrogen-bond acceptors (Lipinski definition) is 2. The Balaban J connectivity index is 2.23. The lowest BCUT2D eigenvalue weighted by Crippen LogP contribution is -2.37. The summed E-state index contributed by atoms with van der Waals surface area (Å²) in [6.45, 7) is 1.79. The summed E-state index contributed by atoms with van der Waals surface area (Å²) in [5.41, 5.74) is 0.222. The highest BCUT2D eigenvalue weighted by Gasteiger charge is 2.40. The summed E-state index contributed by atoms with van der Waals surface area (Å²) in [4.78, 5) is 12.4. The monoisotopic (exact) mass is 338 g/mol. The van der Waals surface area contributed by atoms with Gasteiger partial charge in [0, 0.05) is 5.69 Å². The maximum Gasteiger partial charge on any atom is 0.244 e. The van der Waals surface area contributed by atoms with E-state index in [4.69, 9.17) is 0 Å². The highest BCUT2D eigenvalue weighted by Crippen LogP contribution is 2.37. The molecule has 106 valence electrons. The summed E-state index contributed by atoms with van der Waals surface area (Å²) in [6.07, 6.45) is 3.98. The molecule has 0 radical (unpaired) electrons. The predicted molar refractivity (Wildman–Crippen MR) is 78.6 cm³/mol. The number of hydrogen-bond donors (Lipinski definition) is 1. The first kappa shape index (κ1) is 15.0. The number of benzene rings is 1. The predicted octanol–water partition coefficient (Wildman–Crippen LogP) is 4.31. The topological polar surface area (TPSA) is 52.9 Å². The fourth-order valence-corrected chi connectivity index (χ4v) is 3.03. The highest BCUT2D eigenvalue weighted by molar-refractivity contribution is 9.10. The standard InChI is InChI=1S/C15H16BrFN2O/c1-10-7-11(16)12(17)8-13(10)19-14(20)15(9-18)5-3-2-4-6-15/h7-8H,2-6H2,1H3,(H,19,20). The van der Waals surface area contributed by atoms with Gasteiger partial charge in [0.1, 0.15) is 11.2 Å². The molecule has 20 heavy (non-hydrogen) atoms. The average molecular weight is 339 g/mol. The summed E-state index contributed by atoms with van der Waals surface area (Å²) in [7, 11) is 0. The van der Waals surface area contributed by atoms with E-state index in [-0.39, 0.29) is 5.91 Å². The number of rotatable bonds is 2. The van der Waals surface area contributed by atoms with Crippen LogP contribution >= 0.6 is 15.9 Å². The molecular formula is C15H16BrFN2O. The largest absolute Gasteiger partial charge is 0.324 e. The van der Waals surface area contributed by atoms with E-state index in [9.17, 15) is 14.4 Å². The third-order valence-corrected chi connectivity index (χ3v) is 4.48. The maximum atomic E-state index is 13.6. The third kappa shape index (κ3) is 2.85. The van der Waals surface area contributed by atoms with Crippen molar-refractivity contribution in [3.05, 3.63) is 28.0 Å². The average Bonchev–Trinajstić information content (AvgIpc) is 2.45. The second-order valence-corrected chi connectivity index (χ2v) is 6.14. The van der Waals surface area contributed by atoms with Crippen molar-refractivity contribution < 1.29 is 9.18 Å². The third-order valence-electron chi connectivity index (χ3n) is 3.87. The second kappa shape index (κ2) is 5.92. The number of amides is 1. The molecule has 0 spiro atoms. The number of aryl methyl sites for hydroxylation is 1. The molecule has 5 heteroatoms. The molecule has 0 aliphatic heterocycles. The van der Waals surface area contributed by atoms with E-state index in [1.807, 2.05) is 0 Å². The number of anilines is 1. The minimum Gasteiger partial charge on any atom is -0.324 e. The lowest BCUT2D eigenvalue weighted by molar-refractivity contribution is -0.124. The molecule has 0 heterocycles. The summed E-state index contributed by atoms with van der Waals surface area (Å²) < 4.78 is 13.9. The Hall–Kier alpha value is -1.41. The van der Waals surface area contributed by atoms with E-state index in [1.54, 1.807) is 13.0 Å². The Labute approximate surface area is 126 Å². The first-order valence-corrected chi connectivity index (χ1v) is 7.46. The van der Waals surface area contributed by atoms with Gasteiger partial charge in [0.2, 0.25) is 5.91 Å². The number of carbonyl (C=O) groups is 1. The van der Waals surface area contributed by atoms with E-state index in [1.165, 1.54) is 6.07 Å². The van der Waals surface area contributed by atoms with Crippen LogP contribution in [0.1, 0.15) is 37.7 Å². The van der Waals surface area contributed by atoms with Gasteiger partial charge in [-0.3, -0.25) is 4.79 Å². The maximum absolute atomic E-state index is 13.6. The lowest BCUT2D eigenvalue weighted by atomic mass is 9.74. The first-order valence-electron chi connectivity index (χ1n) is 6.67. The number of nitrogens with zero attached hydrogens (tertiary/aromatic N) is 1. The number of nitrogens with one attached hydrogen (secondary N) is 1. The van der Waals surface area contributed by atoms with Gasteiger partial charge in [-0.2, -0.15) is 5.26 Å². The summed E-state index contributed by atoms with van der Waals surface area (Å²) >= 11 is 3.11. The van der Waals surface area contributed by atoms with Gasteiger partial charge < -0.3 is 5.32 Å². The van der Waals surface area contributed by atoms with Crippen molar-refractivity contribution >= 4 is 27.5 Å². The molecule has 1 amide bonds. The van der Waals surface area contributed by atoms with Crippen molar-refractivity contribution in [1.82, 2.24) is 0 Å². The van der Waals surface area contributed by atoms with Crippen molar-refractivity contribution in [1.29, 1.82) is 5.26 Å². The Morgan fingerprint density at radius 3 is 2.65 bits per heavy atom. The molecule has 0 aromatic heterocycles. The van der Waals surface area contributed by atoms with E-state index in [2.05, 4.69) is 27.3 Å². The molecule has 0 atom stereocenters. The number of nitriles is 1. The van der Waals surface area contributed by atoms with Crippen molar-refractivity contribution in [2.75, 3.05) is 5.32 Å². The molecule has 0 saturated heterocycles. The van der Waals surface area contributed by atoms with E-state index in [0.717, 1.165) is 24.8 Å². The molecule has 1 fully saturated rings. The normalized spacial score (nSPS) is 17.3. The van der Waals surface area contributed by atoms with Crippen LogP contribution < -0.4 is 5.32 Å². The van der Waals surface area contributed by atoms with Crippen LogP contribution in [-0.2, 0) is 4.79 Å². The molecule has 2 rings (SSSR count). The van der Waals surface area contributed by atoms with Crippen molar-refractivity contribution in [2.45, 2.75) is 39.0 Å². The minimum absolute atomic E-state index is 0.315. The quantitative estimate of drug-likeness (QED) is 0.873. The molecule has 1 aromatic rings. The zero-order valence-electron chi connectivity index (χ0n) is 11.3. The van der Waals surface area contributed by atoms with Gasteiger partial charge in [-0.25, -0.2) is 4.39 Å². The van der Waals surface area contributed by atoms with Gasteiger partial charge in [-0.05, 0) is 53.4 Å². The van der Waals surface area contributed by atoms with Crippen LogP contribution in [0.2, 0.25) is 0 Å². The second-order valence-electron chi connectivity index (χ2n) is 5.29. The highest BCUT2D eigenvalue weighted by atomic mass is 79.9. The van der Waals surface area contributed by atoms with Gasteiger partial charge >= 0.3 is 0 Å². The molecule has 1 aromatic carbocycles. The molecular weight excluding hydrogens is 323 g/mol. The fraction of sp³-hybridized carbons (Fsp3) is 0.467. The zero-order chi connectivity index (χ0) is 14.8. The van der Waals surface area contributed by atoms with Crippen molar-refractivity contribution in [3.63, 3.8) is 0 Å². The smallest absolute Gasteiger partial charge is 0.244 e. The van der Waals surface area contributed by atoms with Crippen LogP contribution in [-0.4, -0.2) is 5.91 Å². The number of carbonyl (C=O) groups excluding carboxylic acids is 1. The molecule has 0 unspecified atom stereocenters. The Bertz CT molecular complexity index is 574. The summed E-state index contributed by atoms with van der Waals surface area (Å²) in [5.74, 6) is -0.745. The molecule has 0 bridgehead atoms. The number of halogens is 2. The molecule has 1 aliphatic carbocycles. The van der Waals surface area contributed by atoms with Crippen LogP contribution in [0, 0.1) is 29.5 Å². The fourth-order valence-electron chi connectivity index (χ4n) is 2.57. The molecule has 1 aliphatic rings. The first-order chi connectivity index (χ1) is 9.48. The lowest BCUT2D eigenvalue weighted by Gasteiger charge is -2.29. The molecule has 1 N–H and O–H groups in total. The van der Waals surface area contributed by atoms with Gasteiger partial charge in [-0.15, -0.1) is 0 Å². The SMILES string of the molecule is Cc1cc(Br)c(F)cc1NC(=O)C1(C#N)CCCCC1. The Morgan fingerprint density at radius 1 is 1.40 bits per heavy atom. The van der Waals surface area contributed by atoms with Crippen molar-refractivity contribution in [2.24, 2.45) is 5.41 Å². The van der Waals surface area contributed by atoms with Crippen LogP contribution in [0.4, 0.5) is 10.1 Å². The van der Waals surface area contributed by atoms with Gasteiger partial charge in [0.15, 0.2) is 0 Å². The van der Waals surface area contributed by atoms with Crippen LogP contribution in [0.15, 0.2) is 16.6 Å². The van der Waals surface area contributed by atoms with E-state index < -0.39 is 11.2 Å². The summed E-state index contributed by atoms with van der Waals surface area (Å²) in [6, 6.07) is 5.07. The van der Waals surface area contributed by atoms with Gasteiger partial charge in [0.05, 0.1) is 10.5 Å². The van der Waals surface area contributed by atoms with Crippen LogP contribution in [0.5, 0.6) is 0 Å². The minimum atomic E-state index is -0.964. The van der Waals surface area contributed by atoms with Crippen LogP contribution in [0.25, 0.3) is 0 Å². The van der Waals surface area contributed by atoms with Gasteiger partial charge in [-0.1, -0.05) is 19.3 Å². The van der Waals surface area contributed by atoms with Crippen molar-refractivity contribution in [3.8, 4) is 6.07 Å². The molecule has 3 nitrogen and oxygen atoms in total. The van der Waals surface area contributed by atoms with E-state index >= 15 is 0 Å².